The van der Waals surface area contributed by atoms with Crippen LogP contribution >= 0.6 is 0 Å². The number of fused-ring (bicyclic) bond motifs is 1. The molecule has 26 nitrogen and oxygen atoms in total. The molecule has 82 heavy (non-hydrogen) atoms. The maximum atomic E-state index is 14.9. The third kappa shape index (κ3) is 20.7. The van der Waals surface area contributed by atoms with E-state index in [0.717, 1.165) is 0 Å². The molecule has 0 spiro atoms. The summed E-state index contributed by atoms with van der Waals surface area (Å²) in [5, 5.41) is 33.5. The molecule has 4 rings (SSSR count). The minimum atomic E-state index is -1.81. The Balaban J connectivity index is 1.85. The molecule has 0 aromatic heterocycles. The number of amides is 12. The van der Waals surface area contributed by atoms with Crippen LogP contribution in [0.25, 0.3) is 0 Å². The van der Waals surface area contributed by atoms with Crippen molar-refractivity contribution in [1.82, 2.24) is 52.8 Å². The van der Waals surface area contributed by atoms with Gasteiger partial charge in [0.2, 0.25) is 70.9 Å². The van der Waals surface area contributed by atoms with Gasteiger partial charge in [-0.25, -0.2) is 0 Å². The van der Waals surface area contributed by atoms with Crippen LogP contribution in [-0.4, -0.2) is 154 Å². The van der Waals surface area contributed by atoms with Crippen LogP contribution in [0.4, 0.5) is 0 Å². The predicted molar refractivity (Wildman–Crippen MR) is 299 cm³/mol. The molecule has 2 heterocycles. The Hall–Kier alpha value is -8.16. The third-order valence-electron chi connectivity index (χ3n) is 13.8. The summed E-state index contributed by atoms with van der Waals surface area (Å²) in [7, 11) is 0. The van der Waals surface area contributed by atoms with Crippen molar-refractivity contribution in [2.75, 3.05) is 13.1 Å². The molecular formula is C56H83N13O13. The highest BCUT2D eigenvalue weighted by Crippen LogP contribution is 2.22. The number of nitrogens with zero attached hydrogens (tertiary/aromatic N) is 1. The fourth-order valence-corrected chi connectivity index (χ4v) is 9.53. The van der Waals surface area contributed by atoms with E-state index in [4.69, 9.17) is 17.2 Å². The molecule has 10 atom stereocenters. The zero-order chi connectivity index (χ0) is 61.0. The molecule has 0 unspecified atom stereocenters. The molecular weight excluding hydrogens is 1060 g/mol. The lowest BCUT2D eigenvalue weighted by Crippen LogP contribution is -2.62. The summed E-state index contributed by atoms with van der Waals surface area (Å²) in [6.45, 7) is 11.7. The van der Waals surface area contributed by atoms with Gasteiger partial charge in [0.15, 0.2) is 0 Å². The minimum Gasteiger partial charge on any atom is -0.508 e. The summed E-state index contributed by atoms with van der Waals surface area (Å²) in [6.07, 6.45) is -1.20. The van der Waals surface area contributed by atoms with E-state index < -0.39 is 150 Å². The molecule has 2 aromatic rings. The van der Waals surface area contributed by atoms with Crippen molar-refractivity contribution >= 4 is 70.9 Å². The Bertz CT molecular complexity index is 2600. The van der Waals surface area contributed by atoms with Gasteiger partial charge >= 0.3 is 0 Å². The number of nitrogens with two attached hydrogens (primary N) is 3. The molecule has 26 heteroatoms. The van der Waals surface area contributed by atoms with Crippen molar-refractivity contribution in [2.24, 2.45) is 35.0 Å². The number of rotatable bonds is 16. The SMILES string of the molecule is CC(C)C[C@@H]1NC(=O)[C@H](CC(N)=O)NC(=O)[C@H](CC(N)=O)NC(=O)[C@@H](C)NC(=O)[C@H](Cc2ccccc2)NC(=O)[C@@H]2CCCN2C(=O)[C@@H](Cc2ccc(O)cc2)NC(=O)[C@H](CC(C)C)NC(=O)[C@H](CCCN)NC(=O)[C@H](C(C)C)NC1=O. The quantitative estimate of drug-likeness (QED) is 0.0849. The smallest absolute Gasteiger partial charge is 0.246 e. The second-order valence-corrected chi connectivity index (χ2v) is 22.2. The van der Waals surface area contributed by atoms with Crippen molar-refractivity contribution < 1.29 is 62.6 Å². The number of nitrogens with one attached hydrogen (secondary N) is 9. The first-order valence-electron chi connectivity index (χ1n) is 27.8. The summed E-state index contributed by atoms with van der Waals surface area (Å²) in [4.78, 5) is 169. The topological polar surface area (TPSA) is 415 Å². The average Bonchev–Trinajstić information content (AvgIpc) is 4.05. The van der Waals surface area contributed by atoms with Crippen LogP contribution in [0.3, 0.4) is 0 Å². The van der Waals surface area contributed by atoms with E-state index in [9.17, 15) is 62.6 Å². The predicted octanol–water partition coefficient (Wildman–Crippen LogP) is -2.20. The molecule has 16 N–H and O–H groups in total. The number of phenols is 1. The standard InChI is InChI=1S/C56H83N13O13/c1-29(2)23-37-50(76)67-42(26-34-17-19-35(70)20-18-34)56(82)69-22-12-16-43(69)54(80)66-39(25-33-13-9-8-10-14-33)49(75)60-32(7)47(73)62-40(27-44(58)71)51(77)65-41(28-45(59)72)52(78)64-38(24-30(3)4)53(79)68-46(31(5)6)55(81)61-36(15-11-21-57)48(74)63-37/h8-10,13-14,17-20,29-32,36-43,46,70H,11-12,15-16,21-28,57H2,1-7H3,(H2,58,71)(H2,59,72)(H,60,75)(H,61,81)(H,62,73)(H,63,74)(H,64,78)(H,65,77)(H,66,80)(H,67,76)(H,68,79)/t32-,36+,37+,38+,39+,40+,41+,42-,43+,46+/m1/s1. The second-order valence-electron chi connectivity index (χ2n) is 22.2. The number of hydrogen-bond donors (Lipinski definition) is 13. The van der Waals surface area contributed by atoms with Gasteiger partial charge in [-0.05, 0) is 93.0 Å². The van der Waals surface area contributed by atoms with Gasteiger partial charge in [0, 0.05) is 19.4 Å². The Morgan fingerprint density at radius 3 is 1.50 bits per heavy atom. The number of hydrogen-bond acceptors (Lipinski definition) is 14. The highest BCUT2D eigenvalue weighted by atomic mass is 16.3. The van der Waals surface area contributed by atoms with Gasteiger partial charge < -0.3 is 75.1 Å². The largest absolute Gasteiger partial charge is 0.508 e. The van der Waals surface area contributed by atoms with E-state index in [1.54, 1.807) is 70.2 Å². The lowest BCUT2D eigenvalue weighted by molar-refractivity contribution is -0.142. The number of phenolic OH excluding ortho intramolecular Hbond substituents is 1. The molecule has 0 radical (unpaired) electrons. The van der Waals surface area contributed by atoms with E-state index in [0.29, 0.717) is 17.5 Å². The van der Waals surface area contributed by atoms with Gasteiger partial charge in [0.05, 0.1) is 12.8 Å². The Labute approximate surface area is 477 Å². The minimum absolute atomic E-state index is 0.0148. The van der Waals surface area contributed by atoms with Crippen molar-refractivity contribution in [1.29, 1.82) is 0 Å². The molecule has 12 amide bonds. The van der Waals surface area contributed by atoms with Crippen LogP contribution in [0.15, 0.2) is 54.6 Å². The van der Waals surface area contributed by atoms with Gasteiger partial charge in [-0.3, -0.25) is 57.5 Å². The highest BCUT2D eigenvalue weighted by molar-refractivity contribution is 6.01. The zero-order valence-corrected chi connectivity index (χ0v) is 47.7. The van der Waals surface area contributed by atoms with Crippen molar-refractivity contribution in [3.8, 4) is 5.75 Å². The maximum absolute atomic E-state index is 14.9. The lowest BCUT2D eigenvalue weighted by Gasteiger charge is -2.32. The lowest BCUT2D eigenvalue weighted by atomic mass is 9.98. The number of aromatic hydroxyl groups is 1. The fourth-order valence-electron chi connectivity index (χ4n) is 9.53. The molecule has 0 bridgehead atoms. The van der Waals surface area contributed by atoms with Gasteiger partial charge in [0.1, 0.15) is 66.2 Å². The van der Waals surface area contributed by atoms with Crippen molar-refractivity contribution in [3.63, 3.8) is 0 Å². The van der Waals surface area contributed by atoms with E-state index in [1.807, 2.05) is 13.8 Å². The Morgan fingerprint density at radius 1 is 0.537 bits per heavy atom. The van der Waals surface area contributed by atoms with Crippen LogP contribution < -0.4 is 65.1 Å². The summed E-state index contributed by atoms with van der Waals surface area (Å²) in [6, 6.07) is 0.0932. The molecule has 2 aliphatic rings. The Morgan fingerprint density at radius 2 is 0.976 bits per heavy atom. The second kappa shape index (κ2) is 31.7. The van der Waals surface area contributed by atoms with Gasteiger partial charge in [-0.1, -0.05) is 84.0 Å². The van der Waals surface area contributed by atoms with E-state index in [1.165, 1.54) is 24.0 Å². The van der Waals surface area contributed by atoms with Crippen molar-refractivity contribution in [3.05, 3.63) is 65.7 Å². The first-order chi connectivity index (χ1) is 38.7. The molecule has 2 fully saturated rings. The summed E-state index contributed by atoms with van der Waals surface area (Å²) < 4.78 is 0. The van der Waals surface area contributed by atoms with E-state index in [-0.39, 0.29) is 75.6 Å². The molecule has 450 valence electrons. The number of carbonyl (C=O) groups excluding carboxylic acids is 12. The summed E-state index contributed by atoms with van der Waals surface area (Å²) in [5.74, 6) is -12.2. The first-order valence-corrected chi connectivity index (χ1v) is 27.8. The molecule has 2 aliphatic heterocycles. The third-order valence-corrected chi connectivity index (χ3v) is 13.8. The van der Waals surface area contributed by atoms with E-state index in [2.05, 4.69) is 47.9 Å². The van der Waals surface area contributed by atoms with Crippen LogP contribution in [0, 0.1) is 17.8 Å². The number of carbonyl (C=O) groups is 12. The highest BCUT2D eigenvalue weighted by Gasteiger charge is 2.41. The molecule has 2 aromatic carbocycles. The fraction of sp³-hybridized carbons (Fsp3) is 0.571. The number of benzene rings is 2. The Kier molecular flexibility index (Phi) is 25.7. The van der Waals surface area contributed by atoms with Crippen LogP contribution in [0.2, 0.25) is 0 Å². The normalized spacial score (nSPS) is 25.6. The van der Waals surface area contributed by atoms with Gasteiger partial charge in [0.25, 0.3) is 0 Å². The molecule has 0 saturated carbocycles. The molecule has 2 saturated heterocycles. The monoisotopic (exact) mass is 1150 g/mol. The van der Waals surface area contributed by atoms with Gasteiger partial charge in [-0.15, -0.1) is 0 Å². The van der Waals surface area contributed by atoms with E-state index >= 15 is 0 Å². The maximum Gasteiger partial charge on any atom is 0.246 e. The van der Waals surface area contributed by atoms with Crippen LogP contribution in [0.5, 0.6) is 5.75 Å². The molecule has 0 aliphatic carbocycles. The zero-order valence-electron chi connectivity index (χ0n) is 47.7. The van der Waals surface area contributed by atoms with Crippen LogP contribution in [-0.2, 0) is 70.4 Å². The van der Waals surface area contributed by atoms with Crippen LogP contribution in [0.1, 0.15) is 111 Å². The van der Waals surface area contributed by atoms with Gasteiger partial charge in [-0.2, -0.15) is 0 Å². The average molecular weight is 1150 g/mol. The number of primary amides is 2. The summed E-state index contributed by atoms with van der Waals surface area (Å²) >= 11 is 0. The van der Waals surface area contributed by atoms with Crippen molar-refractivity contribution in [2.45, 2.75) is 173 Å². The summed E-state index contributed by atoms with van der Waals surface area (Å²) in [5.41, 5.74) is 18.0. The first kappa shape index (κ1) is 66.4.